The van der Waals surface area contributed by atoms with Crippen LogP contribution < -0.4 is 24.8 Å². The summed E-state index contributed by atoms with van der Waals surface area (Å²) >= 11 is 0. The number of aryl methyl sites for hydroxylation is 1. The molecular weight excluding hydrogens is 537 g/mol. The van der Waals surface area contributed by atoms with Gasteiger partial charge >= 0.3 is 11.8 Å². The molecule has 8 nitrogen and oxygen atoms in total. The van der Waals surface area contributed by atoms with Gasteiger partial charge in [0.2, 0.25) is 0 Å². The molecule has 0 unspecified atom stereocenters. The monoisotopic (exact) mass is 565 g/mol. The van der Waals surface area contributed by atoms with Gasteiger partial charge in [-0.25, -0.2) is 4.39 Å². The van der Waals surface area contributed by atoms with E-state index >= 15 is 4.39 Å². The van der Waals surface area contributed by atoms with E-state index in [1.165, 1.54) is 19.2 Å². The van der Waals surface area contributed by atoms with Crippen LogP contribution in [0.1, 0.15) is 18.1 Å². The van der Waals surface area contributed by atoms with E-state index in [4.69, 9.17) is 14.2 Å². The highest BCUT2D eigenvalue weighted by Gasteiger charge is 2.18. The number of carbonyl (C=O) groups excluding carboxylic acids is 2. The lowest BCUT2D eigenvalue weighted by atomic mass is 10.1. The van der Waals surface area contributed by atoms with Crippen LogP contribution in [-0.4, -0.2) is 23.9 Å². The van der Waals surface area contributed by atoms with Gasteiger partial charge in [0.05, 0.1) is 12.6 Å². The van der Waals surface area contributed by atoms with Crippen LogP contribution in [0, 0.1) is 5.82 Å². The predicted octanol–water partition coefficient (Wildman–Crippen LogP) is 6.89. The van der Waals surface area contributed by atoms with E-state index in [0.717, 1.165) is 17.2 Å². The summed E-state index contributed by atoms with van der Waals surface area (Å²) in [5, 5.41) is 5.60. The number of carbonyl (C=O) groups is 2. The topological polar surface area (TPSA) is 98.8 Å². The number of ether oxygens (including phenoxy) is 3. The summed E-state index contributed by atoms with van der Waals surface area (Å²) in [6.07, 6.45) is 2.24. The molecule has 0 atom stereocenters. The van der Waals surface area contributed by atoms with Crippen molar-refractivity contribution in [3.8, 4) is 23.0 Å². The Balaban J connectivity index is 1.30. The number of anilines is 2. The maximum atomic E-state index is 15.1. The van der Waals surface area contributed by atoms with Crippen molar-refractivity contribution in [3.05, 3.63) is 114 Å². The number of hydrogen-bond donors (Lipinski definition) is 2. The summed E-state index contributed by atoms with van der Waals surface area (Å²) in [6.45, 7) is 2.29. The van der Waals surface area contributed by atoms with Crippen molar-refractivity contribution in [2.75, 3.05) is 17.7 Å². The molecule has 0 saturated heterocycles. The normalized spacial score (nSPS) is 10.6. The van der Waals surface area contributed by atoms with Crippen LogP contribution in [0.15, 0.2) is 97.2 Å². The van der Waals surface area contributed by atoms with Gasteiger partial charge < -0.3 is 24.8 Å². The number of benzene rings is 4. The number of nitrogens with one attached hydrogen (secondary N) is 2. The highest BCUT2D eigenvalue weighted by atomic mass is 19.1. The van der Waals surface area contributed by atoms with Crippen LogP contribution >= 0.6 is 0 Å². The quantitative estimate of drug-likeness (QED) is 0.189. The molecule has 5 rings (SSSR count). The molecule has 4 aromatic carbocycles. The fourth-order valence-electron chi connectivity index (χ4n) is 4.32. The second kappa shape index (κ2) is 12.8. The maximum Gasteiger partial charge on any atom is 0.314 e. The summed E-state index contributed by atoms with van der Waals surface area (Å²) in [4.78, 5) is 29.3. The Hall–Kier alpha value is -5.44. The lowest BCUT2D eigenvalue weighted by molar-refractivity contribution is -0.133. The molecule has 0 aliphatic carbocycles. The Morgan fingerprint density at radius 3 is 2.33 bits per heavy atom. The summed E-state index contributed by atoms with van der Waals surface area (Å²) < 4.78 is 32.5. The second-order valence-electron chi connectivity index (χ2n) is 9.27. The first-order chi connectivity index (χ1) is 20.4. The molecule has 42 heavy (non-hydrogen) atoms. The zero-order valence-electron chi connectivity index (χ0n) is 23.0. The molecule has 0 aliphatic rings. The lowest BCUT2D eigenvalue weighted by Crippen LogP contribution is -2.29. The van der Waals surface area contributed by atoms with Crippen LogP contribution in [0.25, 0.3) is 10.9 Å². The number of nitrogens with zero attached hydrogens (tertiary/aromatic N) is 1. The molecule has 0 fully saturated rings. The minimum absolute atomic E-state index is 0.0785. The third-order valence-corrected chi connectivity index (χ3v) is 6.49. The Morgan fingerprint density at radius 1 is 0.810 bits per heavy atom. The Morgan fingerprint density at radius 2 is 1.57 bits per heavy atom. The third-order valence-electron chi connectivity index (χ3n) is 6.49. The van der Waals surface area contributed by atoms with Gasteiger partial charge in [-0.1, -0.05) is 55.5 Å². The number of methoxy groups -OCH3 is 1. The Labute approximate surface area is 242 Å². The molecule has 5 aromatic rings. The van der Waals surface area contributed by atoms with Gasteiger partial charge in [-0.2, -0.15) is 0 Å². The molecular formula is C33H28FN3O5. The lowest BCUT2D eigenvalue weighted by Gasteiger charge is -2.14. The van der Waals surface area contributed by atoms with Gasteiger partial charge in [0.15, 0.2) is 23.1 Å². The van der Waals surface area contributed by atoms with E-state index < -0.39 is 17.6 Å². The van der Waals surface area contributed by atoms with Crippen LogP contribution in [0.2, 0.25) is 0 Å². The Bertz CT molecular complexity index is 1740. The minimum atomic E-state index is -0.925. The summed E-state index contributed by atoms with van der Waals surface area (Å²) in [5.41, 5.74) is 3.11. The van der Waals surface area contributed by atoms with Gasteiger partial charge in [-0.3, -0.25) is 14.6 Å². The van der Waals surface area contributed by atoms with E-state index in [1.807, 2.05) is 49.4 Å². The van der Waals surface area contributed by atoms with Crippen molar-refractivity contribution in [2.45, 2.75) is 20.0 Å². The number of amides is 2. The van der Waals surface area contributed by atoms with Crippen LogP contribution in [0.3, 0.4) is 0 Å². The van der Waals surface area contributed by atoms with Crippen LogP contribution in [0.4, 0.5) is 15.8 Å². The fourth-order valence-corrected chi connectivity index (χ4v) is 4.32. The van der Waals surface area contributed by atoms with E-state index in [1.54, 1.807) is 36.5 Å². The van der Waals surface area contributed by atoms with Crippen molar-refractivity contribution in [1.29, 1.82) is 0 Å². The molecule has 212 valence electrons. The number of hydrogen-bond acceptors (Lipinski definition) is 6. The third kappa shape index (κ3) is 6.47. The standard InChI is InChI=1S/C33H28FN3O5/c1-3-22-11-7-8-12-26(22)37-33(39)32(38)36-23-13-14-29(25(34)17-23)42-28-15-16-35-27-19-31(30(40-2)18-24(27)28)41-20-21-9-5-4-6-10-21/h4-19H,3,20H2,1-2H3,(H,36,38)(H,37,39). The average Bonchev–Trinajstić information content (AvgIpc) is 3.01. The van der Waals surface area contributed by atoms with Crippen molar-refractivity contribution in [2.24, 2.45) is 0 Å². The largest absolute Gasteiger partial charge is 0.493 e. The summed E-state index contributed by atoms with van der Waals surface area (Å²) in [6, 6.07) is 25.9. The first kappa shape index (κ1) is 28.1. The number of aromatic nitrogens is 1. The zero-order valence-corrected chi connectivity index (χ0v) is 23.0. The van der Waals surface area contributed by atoms with Crippen molar-refractivity contribution < 1.29 is 28.2 Å². The molecule has 1 aromatic heterocycles. The highest BCUT2D eigenvalue weighted by molar-refractivity contribution is 6.43. The smallest absolute Gasteiger partial charge is 0.314 e. The van der Waals surface area contributed by atoms with Crippen molar-refractivity contribution in [1.82, 2.24) is 4.98 Å². The maximum absolute atomic E-state index is 15.1. The first-order valence-corrected chi connectivity index (χ1v) is 13.3. The van der Waals surface area contributed by atoms with Crippen molar-refractivity contribution in [3.63, 3.8) is 0 Å². The van der Waals surface area contributed by atoms with Gasteiger partial charge in [0.25, 0.3) is 0 Å². The van der Waals surface area contributed by atoms with Gasteiger partial charge in [0, 0.05) is 35.1 Å². The predicted molar refractivity (Wildman–Crippen MR) is 159 cm³/mol. The van der Waals surface area contributed by atoms with Gasteiger partial charge in [-0.15, -0.1) is 0 Å². The molecule has 2 amide bonds. The number of fused-ring (bicyclic) bond motifs is 1. The number of halogens is 1. The van der Waals surface area contributed by atoms with Gasteiger partial charge in [-0.05, 0) is 47.9 Å². The average molecular weight is 566 g/mol. The van der Waals surface area contributed by atoms with E-state index in [9.17, 15) is 9.59 Å². The summed E-state index contributed by atoms with van der Waals surface area (Å²) in [7, 11) is 1.53. The first-order valence-electron chi connectivity index (χ1n) is 13.3. The van der Waals surface area contributed by atoms with Crippen LogP contribution in [0.5, 0.6) is 23.0 Å². The number of rotatable bonds is 9. The van der Waals surface area contributed by atoms with E-state index in [2.05, 4.69) is 15.6 Å². The van der Waals surface area contributed by atoms with E-state index in [-0.39, 0.29) is 11.4 Å². The second-order valence-corrected chi connectivity index (χ2v) is 9.27. The molecule has 0 saturated carbocycles. The minimum Gasteiger partial charge on any atom is -0.493 e. The molecule has 0 bridgehead atoms. The Kier molecular flexibility index (Phi) is 8.58. The SMILES string of the molecule is CCc1ccccc1NC(=O)C(=O)Nc1ccc(Oc2ccnc3cc(OCc4ccccc4)c(OC)cc23)c(F)c1. The number of pyridine rings is 1. The molecule has 0 radical (unpaired) electrons. The highest BCUT2D eigenvalue weighted by Crippen LogP contribution is 2.38. The van der Waals surface area contributed by atoms with Crippen LogP contribution in [-0.2, 0) is 22.6 Å². The molecule has 9 heteroatoms. The fraction of sp³-hybridized carbons (Fsp3) is 0.121. The number of para-hydroxylation sites is 1. The molecule has 0 spiro atoms. The summed E-state index contributed by atoms with van der Waals surface area (Å²) in [5.74, 6) is -1.28. The molecule has 2 N–H and O–H groups in total. The molecule has 0 aliphatic heterocycles. The van der Waals surface area contributed by atoms with E-state index in [0.29, 0.717) is 46.9 Å². The zero-order chi connectivity index (χ0) is 29.5. The van der Waals surface area contributed by atoms with Crippen molar-refractivity contribution >= 4 is 34.1 Å². The van der Waals surface area contributed by atoms with Gasteiger partial charge in [0.1, 0.15) is 12.4 Å². The molecule has 1 heterocycles.